The van der Waals surface area contributed by atoms with E-state index in [1.807, 2.05) is 0 Å². The average molecular weight is 206 g/mol. The van der Waals surface area contributed by atoms with Gasteiger partial charge in [-0.15, -0.1) is 0 Å². The standard InChI is InChI=1S/C11H14N2O2/c14-11(15)7-3-4-9-8(5-7)10(13-12-9)6-1-2-6/h6-7H,1-5H2,(H,12,13)(H,14,15). The van der Waals surface area contributed by atoms with Gasteiger partial charge < -0.3 is 5.11 Å². The number of hydrogen-bond donors (Lipinski definition) is 2. The fraction of sp³-hybridized carbons (Fsp3) is 0.636. The molecule has 80 valence electrons. The Morgan fingerprint density at radius 3 is 2.87 bits per heavy atom. The molecule has 1 fully saturated rings. The number of hydrogen-bond acceptors (Lipinski definition) is 2. The normalized spacial score (nSPS) is 24.9. The second-order valence-corrected chi connectivity index (χ2v) is 4.62. The molecule has 0 aromatic carbocycles. The lowest BCUT2D eigenvalue weighted by atomic mass is 9.86. The molecule has 1 aromatic rings. The van der Waals surface area contributed by atoms with Crippen LogP contribution in [0.25, 0.3) is 0 Å². The number of nitrogens with one attached hydrogen (secondary N) is 1. The second-order valence-electron chi connectivity index (χ2n) is 4.62. The van der Waals surface area contributed by atoms with Crippen LogP contribution in [0.5, 0.6) is 0 Å². The molecular formula is C11H14N2O2. The maximum Gasteiger partial charge on any atom is 0.306 e. The van der Waals surface area contributed by atoms with E-state index in [0.29, 0.717) is 12.3 Å². The largest absolute Gasteiger partial charge is 0.481 e. The van der Waals surface area contributed by atoms with Crippen molar-refractivity contribution in [2.75, 3.05) is 0 Å². The fourth-order valence-electron chi connectivity index (χ4n) is 2.42. The third-order valence-electron chi connectivity index (χ3n) is 3.49. The number of nitrogens with zero attached hydrogens (tertiary/aromatic N) is 1. The van der Waals surface area contributed by atoms with Crippen molar-refractivity contribution in [3.63, 3.8) is 0 Å². The summed E-state index contributed by atoms with van der Waals surface area (Å²) in [5, 5.41) is 16.4. The van der Waals surface area contributed by atoms with Crippen molar-refractivity contribution in [3.05, 3.63) is 17.0 Å². The average Bonchev–Trinajstić information content (AvgIpc) is 2.98. The Bertz CT molecular complexity index is 407. The smallest absolute Gasteiger partial charge is 0.306 e. The van der Waals surface area contributed by atoms with E-state index in [-0.39, 0.29) is 5.92 Å². The summed E-state index contributed by atoms with van der Waals surface area (Å²) in [5.74, 6) is -0.256. The molecule has 2 aliphatic carbocycles. The molecule has 1 atom stereocenters. The van der Waals surface area contributed by atoms with Crippen molar-refractivity contribution < 1.29 is 9.90 Å². The summed E-state index contributed by atoms with van der Waals surface area (Å²) in [5.41, 5.74) is 3.53. The summed E-state index contributed by atoms with van der Waals surface area (Å²) in [7, 11) is 0. The Morgan fingerprint density at radius 2 is 2.20 bits per heavy atom. The van der Waals surface area contributed by atoms with Gasteiger partial charge in [-0.25, -0.2) is 0 Å². The van der Waals surface area contributed by atoms with Crippen LogP contribution in [-0.2, 0) is 17.6 Å². The maximum atomic E-state index is 11.0. The van der Waals surface area contributed by atoms with E-state index in [9.17, 15) is 4.79 Å². The summed E-state index contributed by atoms with van der Waals surface area (Å²) in [6.45, 7) is 0. The van der Waals surface area contributed by atoms with Crippen LogP contribution in [0.1, 0.15) is 42.1 Å². The molecule has 0 bridgehead atoms. The molecular weight excluding hydrogens is 192 g/mol. The highest BCUT2D eigenvalue weighted by Crippen LogP contribution is 2.43. The Morgan fingerprint density at radius 1 is 1.40 bits per heavy atom. The first-order valence-corrected chi connectivity index (χ1v) is 5.54. The van der Waals surface area contributed by atoms with E-state index >= 15 is 0 Å². The monoisotopic (exact) mass is 206 g/mol. The molecule has 0 radical (unpaired) electrons. The molecule has 0 spiro atoms. The van der Waals surface area contributed by atoms with E-state index in [4.69, 9.17) is 5.11 Å². The van der Waals surface area contributed by atoms with E-state index in [0.717, 1.165) is 18.5 Å². The van der Waals surface area contributed by atoms with Gasteiger partial charge in [0.15, 0.2) is 0 Å². The zero-order valence-electron chi connectivity index (χ0n) is 8.49. The lowest BCUT2D eigenvalue weighted by Crippen LogP contribution is -2.22. The van der Waals surface area contributed by atoms with Gasteiger partial charge in [0.1, 0.15) is 0 Å². The zero-order valence-corrected chi connectivity index (χ0v) is 8.49. The third kappa shape index (κ3) is 1.44. The number of aromatic amines is 1. The van der Waals surface area contributed by atoms with Crippen LogP contribution in [0.4, 0.5) is 0 Å². The number of H-pyrrole nitrogens is 1. The number of aliphatic carboxylic acids is 1. The van der Waals surface area contributed by atoms with Gasteiger partial charge in [0.05, 0.1) is 11.6 Å². The van der Waals surface area contributed by atoms with Gasteiger partial charge in [0, 0.05) is 11.6 Å². The number of aromatic nitrogens is 2. The van der Waals surface area contributed by atoms with Gasteiger partial charge in [-0.05, 0) is 37.7 Å². The van der Waals surface area contributed by atoms with E-state index in [1.54, 1.807) is 0 Å². The predicted octanol–water partition coefficient (Wildman–Crippen LogP) is 1.48. The van der Waals surface area contributed by atoms with Crippen LogP contribution >= 0.6 is 0 Å². The molecule has 3 rings (SSSR count). The Kier molecular flexibility index (Phi) is 1.84. The Labute approximate surface area is 87.7 Å². The molecule has 1 aromatic heterocycles. The van der Waals surface area contributed by atoms with Gasteiger partial charge >= 0.3 is 5.97 Å². The van der Waals surface area contributed by atoms with E-state index < -0.39 is 5.97 Å². The number of carboxylic acid groups (broad SMARTS) is 1. The van der Waals surface area contributed by atoms with Crippen LogP contribution in [0.15, 0.2) is 0 Å². The molecule has 1 saturated carbocycles. The van der Waals surface area contributed by atoms with E-state index in [2.05, 4.69) is 10.2 Å². The van der Waals surface area contributed by atoms with Crippen molar-refractivity contribution in [1.82, 2.24) is 10.2 Å². The highest BCUT2D eigenvalue weighted by Gasteiger charge is 2.34. The number of rotatable bonds is 2. The highest BCUT2D eigenvalue weighted by molar-refractivity contribution is 5.71. The molecule has 4 nitrogen and oxygen atoms in total. The van der Waals surface area contributed by atoms with Crippen LogP contribution < -0.4 is 0 Å². The molecule has 1 heterocycles. The Hall–Kier alpha value is -1.32. The summed E-state index contributed by atoms with van der Waals surface area (Å²) in [4.78, 5) is 11.0. The minimum atomic E-state index is -0.663. The summed E-state index contributed by atoms with van der Waals surface area (Å²) < 4.78 is 0. The molecule has 2 N–H and O–H groups in total. The van der Waals surface area contributed by atoms with Gasteiger partial charge in [-0.1, -0.05) is 0 Å². The maximum absolute atomic E-state index is 11.0. The van der Waals surface area contributed by atoms with Crippen LogP contribution in [-0.4, -0.2) is 21.3 Å². The van der Waals surface area contributed by atoms with Gasteiger partial charge in [-0.2, -0.15) is 5.10 Å². The number of carbonyl (C=O) groups is 1. The van der Waals surface area contributed by atoms with Crippen LogP contribution in [0, 0.1) is 5.92 Å². The van der Waals surface area contributed by atoms with E-state index in [1.165, 1.54) is 24.1 Å². The number of fused-ring (bicyclic) bond motifs is 1. The molecule has 2 aliphatic rings. The zero-order chi connectivity index (χ0) is 10.4. The van der Waals surface area contributed by atoms with Gasteiger partial charge in [-0.3, -0.25) is 9.89 Å². The quantitative estimate of drug-likeness (QED) is 0.770. The molecule has 4 heteroatoms. The molecule has 0 amide bonds. The van der Waals surface area contributed by atoms with Crippen molar-refractivity contribution in [2.45, 2.75) is 38.0 Å². The van der Waals surface area contributed by atoms with Gasteiger partial charge in [0.2, 0.25) is 0 Å². The summed E-state index contributed by atoms with van der Waals surface area (Å²) in [6.07, 6.45) is 4.69. The molecule has 0 aliphatic heterocycles. The topological polar surface area (TPSA) is 66.0 Å². The van der Waals surface area contributed by atoms with Crippen LogP contribution in [0.3, 0.4) is 0 Å². The molecule has 0 saturated heterocycles. The van der Waals surface area contributed by atoms with Crippen molar-refractivity contribution >= 4 is 5.97 Å². The first-order valence-electron chi connectivity index (χ1n) is 5.54. The summed E-state index contributed by atoms with van der Waals surface area (Å²) in [6, 6.07) is 0. The van der Waals surface area contributed by atoms with Crippen molar-refractivity contribution in [2.24, 2.45) is 5.92 Å². The first kappa shape index (κ1) is 8.95. The lowest BCUT2D eigenvalue weighted by molar-refractivity contribution is -0.142. The fourth-order valence-corrected chi connectivity index (χ4v) is 2.42. The minimum Gasteiger partial charge on any atom is -0.481 e. The first-order chi connectivity index (χ1) is 7.25. The Balaban J connectivity index is 1.91. The highest BCUT2D eigenvalue weighted by atomic mass is 16.4. The van der Waals surface area contributed by atoms with Gasteiger partial charge in [0.25, 0.3) is 0 Å². The minimum absolute atomic E-state index is 0.201. The van der Waals surface area contributed by atoms with Crippen molar-refractivity contribution in [1.29, 1.82) is 0 Å². The third-order valence-corrected chi connectivity index (χ3v) is 3.49. The molecule has 15 heavy (non-hydrogen) atoms. The predicted molar refractivity (Wildman–Crippen MR) is 53.7 cm³/mol. The number of carboxylic acids is 1. The van der Waals surface area contributed by atoms with Crippen LogP contribution in [0.2, 0.25) is 0 Å². The SMILES string of the molecule is O=C(O)C1CCc2[nH]nc(C3CC3)c2C1. The second kappa shape index (κ2) is 3.08. The summed E-state index contributed by atoms with van der Waals surface area (Å²) >= 11 is 0. The number of aryl methyl sites for hydroxylation is 1. The van der Waals surface area contributed by atoms with Crippen molar-refractivity contribution in [3.8, 4) is 0 Å². The molecule has 1 unspecified atom stereocenters. The lowest BCUT2D eigenvalue weighted by Gasteiger charge is -2.18.